The van der Waals surface area contributed by atoms with Crippen LogP contribution >= 0.6 is 0 Å². The van der Waals surface area contributed by atoms with Crippen molar-refractivity contribution >= 4 is 11.8 Å². The Bertz CT molecular complexity index is 1300. The van der Waals surface area contributed by atoms with Crippen molar-refractivity contribution in [3.05, 3.63) is 76.1 Å². The van der Waals surface area contributed by atoms with Crippen molar-refractivity contribution in [3.63, 3.8) is 0 Å². The van der Waals surface area contributed by atoms with Gasteiger partial charge in [-0.3, -0.25) is 4.79 Å². The average molecular weight is 532 g/mol. The number of nitrogens with one attached hydrogen (secondary N) is 1. The summed E-state index contributed by atoms with van der Waals surface area (Å²) in [5, 5.41) is 3.45. The summed E-state index contributed by atoms with van der Waals surface area (Å²) < 4.78 is 22.5. The van der Waals surface area contributed by atoms with E-state index in [1.807, 2.05) is 43.3 Å². The topological polar surface area (TPSA) is 83.1 Å². The van der Waals surface area contributed by atoms with Crippen LogP contribution in [0, 0.1) is 0 Å². The third kappa shape index (κ3) is 5.40. The second-order valence-corrected chi connectivity index (χ2v) is 10.6. The van der Waals surface area contributed by atoms with Gasteiger partial charge in [-0.15, -0.1) is 0 Å². The highest BCUT2D eigenvalue weighted by molar-refractivity contribution is 6.04. The fourth-order valence-corrected chi connectivity index (χ4v) is 6.19. The molecule has 1 saturated carbocycles. The number of Topliss-reactive ketones (excluding diaryl/α,β-unsaturated/α-hetero) is 1. The molecular formula is C32H37NO6. The van der Waals surface area contributed by atoms with Crippen LogP contribution in [0.4, 0.5) is 0 Å². The van der Waals surface area contributed by atoms with E-state index in [1.165, 1.54) is 6.42 Å². The Hall–Kier alpha value is -3.74. The highest BCUT2D eigenvalue weighted by Crippen LogP contribution is 2.48. The Morgan fingerprint density at radius 2 is 1.56 bits per heavy atom. The lowest BCUT2D eigenvalue weighted by Crippen LogP contribution is -2.37. The van der Waals surface area contributed by atoms with Gasteiger partial charge in [-0.05, 0) is 68.7 Å². The second kappa shape index (κ2) is 11.6. The highest BCUT2D eigenvalue weighted by atomic mass is 16.5. The number of esters is 1. The monoisotopic (exact) mass is 531 g/mol. The van der Waals surface area contributed by atoms with Gasteiger partial charge in [0, 0.05) is 35.0 Å². The maximum atomic E-state index is 13.9. The number of carbonyl (C=O) groups is 2. The number of allylic oxidation sites excluding steroid dienone is 3. The van der Waals surface area contributed by atoms with Crippen molar-refractivity contribution in [1.29, 1.82) is 0 Å². The average Bonchev–Trinajstić information content (AvgIpc) is 2.96. The van der Waals surface area contributed by atoms with Gasteiger partial charge >= 0.3 is 5.97 Å². The first-order valence-electron chi connectivity index (χ1n) is 13.7. The third-order valence-electron chi connectivity index (χ3n) is 8.21. The number of rotatable bonds is 7. The molecule has 0 spiro atoms. The molecule has 206 valence electrons. The van der Waals surface area contributed by atoms with Gasteiger partial charge in [0.15, 0.2) is 5.78 Å². The van der Waals surface area contributed by atoms with Crippen LogP contribution < -0.4 is 19.5 Å². The predicted molar refractivity (Wildman–Crippen MR) is 148 cm³/mol. The van der Waals surface area contributed by atoms with Crippen LogP contribution in [0.1, 0.15) is 74.8 Å². The number of hydrogen-bond donors (Lipinski definition) is 1. The Morgan fingerprint density at radius 3 is 2.23 bits per heavy atom. The van der Waals surface area contributed by atoms with E-state index in [9.17, 15) is 9.59 Å². The molecule has 2 aromatic rings. The number of ether oxygens (including phenoxy) is 4. The number of carbonyl (C=O) groups excluding carboxylic acids is 2. The van der Waals surface area contributed by atoms with Crippen LogP contribution in [0.3, 0.4) is 0 Å². The Kier molecular flexibility index (Phi) is 7.96. The zero-order valence-electron chi connectivity index (χ0n) is 23.2. The molecule has 1 N–H and O–H groups in total. The Labute approximate surface area is 230 Å². The molecule has 2 unspecified atom stereocenters. The fraction of sp³-hybridized carbons (Fsp3) is 0.438. The van der Waals surface area contributed by atoms with Crippen LogP contribution in [0.2, 0.25) is 0 Å². The van der Waals surface area contributed by atoms with Crippen LogP contribution in [0.25, 0.3) is 0 Å². The van der Waals surface area contributed by atoms with Crippen molar-refractivity contribution in [2.45, 2.75) is 69.8 Å². The molecule has 2 aromatic carbocycles. The molecule has 5 rings (SSSR count). The van der Waals surface area contributed by atoms with E-state index in [-0.39, 0.29) is 23.8 Å². The first-order valence-corrected chi connectivity index (χ1v) is 13.7. The molecule has 2 atom stereocenters. The maximum absolute atomic E-state index is 13.9. The van der Waals surface area contributed by atoms with Crippen LogP contribution in [0.15, 0.2) is 65.0 Å². The minimum atomic E-state index is -0.595. The van der Waals surface area contributed by atoms with Gasteiger partial charge in [0.2, 0.25) is 0 Å². The summed E-state index contributed by atoms with van der Waals surface area (Å²) in [6.45, 7) is 1.89. The number of hydrogen-bond acceptors (Lipinski definition) is 7. The minimum Gasteiger partial charge on any atom is -0.497 e. The Balaban J connectivity index is 1.56. The maximum Gasteiger partial charge on any atom is 0.337 e. The van der Waals surface area contributed by atoms with E-state index in [0.29, 0.717) is 41.2 Å². The van der Waals surface area contributed by atoms with Gasteiger partial charge in [0.25, 0.3) is 0 Å². The summed E-state index contributed by atoms with van der Waals surface area (Å²) in [5.74, 6) is 1.06. The van der Waals surface area contributed by atoms with Crippen molar-refractivity contribution in [2.24, 2.45) is 0 Å². The molecule has 0 amide bonds. The lowest BCUT2D eigenvalue weighted by Gasteiger charge is -2.37. The number of methoxy groups -OCH3 is 3. The molecule has 0 bridgehead atoms. The van der Waals surface area contributed by atoms with E-state index in [4.69, 9.17) is 18.9 Å². The predicted octanol–water partition coefficient (Wildman–Crippen LogP) is 5.95. The van der Waals surface area contributed by atoms with Gasteiger partial charge in [-0.25, -0.2) is 4.79 Å². The number of benzene rings is 2. The number of ketones is 1. The van der Waals surface area contributed by atoms with Gasteiger partial charge in [0.1, 0.15) is 23.4 Å². The molecule has 0 saturated heterocycles. The van der Waals surface area contributed by atoms with E-state index >= 15 is 0 Å². The standard InChI is InChI=1S/C32H37NO6/c1-19-29(32(35)39-23-8-6-5-7-9-23)30(25-15-14-24(37-3)18-28(25)38-4)31-26(33-19)16-21(17-27(31)34)20-10-12-22(36-2)13-11-20/h10-15,18,21,23,30,33H,5-9,16-17H2,1-4H3. The zero-order valence-corrected chi connectivity index (χ0v) is 23.2. The quantitative estimate of drug-likeness (QED) is 0.442. The van der Waals surface area contributed by atoms with E-state index in [2.05, 4.69) is 5.32 Å². The largest absolute Gasteiger partial charge is 0.497 e. The van der Waals surface area contributed by atoms with Crippen molar-refractivity contribution < 1.29 is 28.5 Å². The summed E-state index contributed by atoms with van der Waals surface area (Å²) in [4.78, 5) is 27.7. The van der Waals surface area contributed by atoms with Crippen molar-refractivity contribution in [1.82, 2.24) is 5.32 Å². The molecule has 0 radical (unpaired) electrons. The first-order chi connectivity index (χ1) is 18.9. The lowest BCUT2D eigenvalue weighted by atomic mass is 9.71. The van der Waals surface area contributed by atoms with Crippen molar-refractivity contribution in [3.8, 4) is 17.2 Å². The van der Waals surface area contributed by atoms with Crippen LogP contribution in [-0.2, 0) is 14.3 Å². The van der Waals surface area contributed by atoms with E-state index in [0.717, 1.165) is 48.3 Å². The van der Waals surface area contributed by atoms with Gasteiger partial charge in [0.05, 0.1) is 32.8 Å². The Morgan fingerprint density at radius 1 is 0.872 bits per heavy atom. The fourth-order valence-electron chi connectivity index (χ4n) is 6.19. The van der Waals surface area contributed by atoms with Crippen LogP contribution in [0.5, 0.6) is 17.2 Å². The van der Waals surface area contributed by atoms with Gasteiger partial charge in [-0.1, -0.05) is 24.6 Å². The van der Waals surface area contributed by atoms with E-state index < -0.39 is 5.92 Å². The van der Waals surface area contributed by atoms with E-state index in [1.54, 1.807) is 27.4 Å². The van der Waals surface area contributed by atoms with Crippen molar-refractivity contribution in [2.75, 3.05) is 21.3 Å². The number of dihydropyridines is 1. The molecule has 7 heteroatoms. The molecule has 1 heterocycles. The first kappa shape index (κ1) is 26.9. The van der Waals surface area contributed by atoms with Gasteiger partial charge in [-0.2, -0.15) is 0 Å². The smallest absolute Gasteiger partial charge is 0.337 e. The molecule has 1 fully saturated rings. The molecule has 7 nitrogen and oxygen atoms in total. The molecular weight excluding hydrogens is 494 g/mol. The summed E-state index contributed by atoms with van der Waals surface area (Å²) in [7, 11) is 4.83. The summed E-state index contributed by atoms with van der Waals surface area (Å²) in [6.07, 6.45) is 5.95. The highest BCUT2D eigenvalue weighted by Gasteiger charge is 2.43. The molecule has 3 aliphatic rings. The third-order valence-corrected chi connectivity index (χ3v) is 8.21. The normalized spacial score (nSPS) is 21.7. The summed E-state index contributed by atoms with van der Waals surface area (Å²) in [6, 6.07) is 13.4. The van der Waals surface area contributed by atoms with Crippen LogP contribution in [-0.4, -0.2) is 39.2 Å². The minimum absolute atomic E-state index is 0.0166. The molecule has 39 heavy (non-hydrogen) atoms. The molecule has 2 aliphatic carbocycles. The second-order valence-electron chi connectivity index (χ2n) is 10.6. The lowest BCUT2D eigenvalue weighted by molar-refractivity contribution is -0.146. The molecule has 1 aliphatic heterocycles. The SMILES string of the molecule is COc1ccc(C2CC(=O)C3=C(C2)NC(C)=C(C(=O)OC2CCCCC2)C3c2ccc(OC)cc2OC)cc1. The summed E-state index contributed by atoms with van der Waals surface area (Å²) in [5.41, 5.74) is 4.48. The molecule has 0 aromatic heterocycles. The van der Waals surface area contributed by atoms with Gasteiger partial charge < -0.3 is 24.3 Å². The summed E-state index contributed by atoms with van der Waals surface area (Å²) >= 11 is 0. The zero-order chi connectivity index (χ0) is 27.5.